The third-order valence-electron chi connectivity index (χ3n) is 7.21. The minimum Gasteiger partial charge on any atom is -0.452 e. The lowest BCUT2D eigenvalue weighted by atomic mass is 9.82. The third-order valence-corrected chi connectivity index (χ3v) is 7.21. The molecule has 3 amide bonds. The van der Waals surface area contributed by atoms with Crippen molar-refractivity contribution in [1.82, 2.24) is 0 Å². The molecule has 174 valence electrons. The summed E-state index contributed by atoms with van der Waals surface area (Å²) in [6.45, 7) is 5.43. The van der Waals surface area contributed by atoms with Gasteiger partial charge in [-0.05, 0) is 68.9 Å². The standard InChI is InChI=1S/C27H26N2O5/c1-14-7-8-21(16(3)9-14)28-22(30)13-34-27(33)17-5-4-6-19(11-17)29-25(31)23-18-10-15(2)20(12-18)24(23)26(29)32/h4-11,18,20,23-24H,12-13H2,1-3H3,(H,28,30)/t18-,20+,23+,24-/m0/s1. The fourth-order valence-corrected chi connectivity index (χ4v) is 5.66. The molecule has 1 saturated carbocycles. The van der Waals surface area contributed by atoms with Gasteiger partial charge in [0.05, 0.1) is 23.1 Å². The van der Waals surface area contributed by atoms with E-state index in [1.807, 2.05) is 32.9 Å². The molecule has 7 nitrogen and oxygen atoms in total. The maximum Gasteiger partial charge on any atom is 0.338 e. The summed E-state index contributed by atoms with van der Waals surface area (Å²) in [5, 5.41) is 2.73. The Labute approximate surface area is 197 Å². The van der Waals surface area contributed by atoms with E-state index in [1.54, 1.807) is 18.2 Å². The maximum atomic E-state index is 13.2. The molecule has 0 unspecified atom stereocenters. The number of rotatable bonds is 5. The number of hydrogen-bond acceptors (Lipinski definition) is 5. The monoisotopic (exact) mass is 458 g/mol. The van der Waals surface area contributed by atoms with Gasteiger partial charge >= 0.3 is 5.97 Å². The lowest BCUT2D eigenvalue weighted by Gasteiger charge is -2.19. The van der Waals surface area contributed by atoms with E-state index in [2.05, 4.69) is 11.4 Å². The Morgan fingerprint density at radius 1 is 1.03 bits per heavy atom. The van der Waals surface area contributed by atoms with Crippen LogP contribution >= 0.6 is 0 Å². The number of nitrogens with zero attached hydrogens (tertiary/aromatic N) is 1. The molecule has 2 fully saturated rings. The van der Waals surface area contributed by atoms with Gasteiger partial charge in [0, 0.05) is 5.69 Å². The first kappa shape index (κ1) is 22.1. The topological polar surface area (TPSA) is 92.8 Å². The average molecular weight is 459 g/mol. The molecule has 5 rings (SSSR count). The Morgan fingerprint density at radius 3 is 2.56 bits per heavy atom. The second-order valence-corrected chi connectivity index (χ2v) is 9.47. The molecular weight excluding hydrogens is 432 g/mol. The van der Waals surface area contributed by atoms with Crippen LogP contribution in [0, 0.1) is 37.5 Å². The summed E-state index contributed by atoms with van der Waals surface area (Å²) in [5.41, 5.74) is 4.37. The third kappa shape index (κ3) is 3.61. The van der Waals surface area contributed by atoms with Crippen molar-refractivity contribution in [1.29, 1.82) is 0 Å². The van der Waals surface area contributed by atoms with Gasteiger partial charge in [-0.2, -0.15) is 0 Å². The Hall–Kier alpha value is -3.74. The van der Waals surface area contributed by atoms with E-state index in [0.717, 1.165) is 17.5 Å². The number of fused-ring (bicyclic) bond motifs is 5. The minimum absolute atomic E-state index is 0.111. The van der Waals surface area contributed by atoms with Gasteiger partial charge in [0.15, 0.2) is 6.61 Å². The number of nitrogens with one attached hydrogen (secondary N) is 1. The van der Waals surface area contributed by atoms with Gasteiger partial charge < -0.3 is 10.1 Å². The molecule has 2 aromatic rings. The maximum absolute atomic E-state index is 13.2. The number of esters is 1. The normalized spacial score (nSPS) is 24.8. The summed E-state index contributed by atoms with van der Waals surface area (Å²) in [5.74, 6) is -1.95. The van der Waals surface area contributed by atoms with Gasteiger partial charge in [-0.3, -0.25) is 14.4 Å². The van der Waals surface area contributed by atoms with Crippen LogP contribution in [0.2, 0.25) is 0 Å². The van der Waals surface area contributed by atoms with Gasteiger partial charge in [-0.25, -0.2) is 9.69 Å². The number of amides is 3. The number of aryl methyl sites for hydroxylation is 2. The van der Waals surface area contributed by atoms with Gasteiger partial charge in [0.1, 0.15) is 0 Å². The van der Waals surface area contributed by atoms with Crippen LogP contribution in [0.3, 0.4) is 0 Å². The quantitative estimate of drug-likeness (QED) is 0.418. The zero-order chi connectivity index (χ0) is 24.1. The van der Waals surface area contributed by atoms with Crippen LogP contribution in [0.1, 0.15) is 34.8 Å². The highest BCUT2D eigenvalue weighted by Crippen LogP contribution is 2.55. The molecule has 2 bridgehead atoms. The predicted molar refractivity (Wildman–Crippen MR) is 126 cm³/mol. The molecule has 1 heterocycles. The lowest BCUT2D eigenvalue weighted by Crippen LogP contribution is -2.33. The molecule has 2 aliphatic carbocycles. The Balaban J connectivity index is 1.25. The van der Waals surface area contributed by atoms with Gasteiger partial charge in [0.2, 0.25) is 11.8 Å². The molecule has 2 aromatic carbocycles. The van der Waals surface area contributed by atoms with Crippen molar-refractivity contribution in [2.45, 2.75) is 27.2 Å². The van der Waals surface area contributed by atoms with E-state index in [4.69, 9.17) is 4.74 Å². The molecule has 1 saturated heterocycles. The van der Waals surface area contributed by atoms with Crippen molar-refractivity contribution in [2.75, 3.05) is 16.8 Å². The highest BCUT2D eigenvalue weighted by molar-refractivity contribution is 6.23. The van der Waals surface area contributed by atoms with Crippen molar-refractivity contribution in [3.63, 3.8) is 0 Å². The van der Waals surface area contributed by atoms with E-state index < -0.39 is 18.5 Å². The zero-order valence-electron chi connectivity index (χ0n) is 19.3. The summed E-state index contributed by atoms with van der Waals surface area (Å²) in [6, 6.07) is 11.9. The van der Waals surface area contributed by atoms with E-state index >= 15 is 0 Å². The number of allylic oxidation sites excluding steroid dienone is 2. The van der Waals surface area contributed by atoms with Crippen LogP contribution in [0.25, 0.3) is 0 Å². The van der Waals surface area contributed by atoms with Crippen molar-refractivity contribution >= 4 is 35.1 Å². The highest BCUT2D eigenvalue weighted by atomic mass is 16.5. The summed E-state index contributed by atoms with van der Waals surface area (Å²) < 4.78 is 5.18. The summed E-state index contributed by atoms with van der Waals surface area (Å²) in [7, 11) is 0. The van der Waals surface area contributed by atoms with Gasteiger partial charge in [-0.15, -0.1) is 0 Å². The van der Waals surface area contributed by atoms with E-state index in [0.29, 0.717) is 11.4 Å². The lowest BCUT2D eigenvalue weighted by molar-refractivity contribution is -0.123. The number of ether oxygens (including phenoxy) is 1. The van der Waals surface area contributed by atoms with Crippen molar-refractivity contribution in [2.24, 2.45) is 23.7 Å². The van der Waals surface area contributed by atoms with E-state index in [9.17, 15) is 19.2 Å². The average Bonchev–Trinajstić information content (AvgIpc) is 3.44. The molecule has 0 spiro atoms. The number of carbonyl (C=O) groups is 4. The number of carbonyl (C=O) groups excluding carboxylic acids is 4. The largest absolute Gasteiger partial charge is 0.452 e. The zero-order valence-corrected chi connectivity index (χ0v) is 19.3. The van der Waals surface area contributed by atoms with Crippen LogP contribution in [-0.4, -0.2) is 30.3 Å². The summed E-state index contributed by atoms with van der Waals surface area (Å²) in [4.78, 5) is 52.4. The fraction of sp³-hybridized carbons (Fsp3) is 0.333. The number of imide groups is 1. The molecule has 3 aliphatic rings. The van der Waals surface area contributed by atoms with Crippen LogP contribution in [-0.2, 0) is 19.1 Å². The molecule has 1 N–H and O–H groups in total. The van der Waals surface area contributed by atoms with Gasteiger partial charge in [-0.1, -0.05) is 35.4 Å². The second kappa shape index (κ2) is 8.24. The van der Waals surface area contributed by atoms with Crippen molar-refractivity contribution in [3.05, 3.63) is 70.8 Å². The molecule has 7 heteroatoms. The number of benzene rings is 2. The van der Waals surface area contributed by atoms with Crippen molar-refractivity contribution in [3.8, 4) is 0 Å². The molecule has 4 atom stereocenters. The smallest absolute Gasteiger partial charge is 0.338 e. The SMILES string of the molecule is CC1=C[C@H]2C[C@H]1[C@@H]1C(=O)N(c3cccc(C(=O)OCC(=O)Nc4ccc(C)cc4C)c3)C(=O)[C@@H]12. The molecule has 0 aromatic heterocycles. The number of hydrogen-bond donors (Lipinski definition) is 1. The van der Waals surface area contributed by atoms with Crippen LogP contribution < -0.4 is 10.2 Å². The molecule has 34 heavy (non-hydrogen) atoms. The Morgan fingerprint density at radius 2 is 1.79 bits per heavy atom. The Kier molecular flexibility index (Phi) is 5.35. The van der Waals surface area contributed by atoms with E-state index in [1.165, 1.54) is 22.6 Å². The second-order valence-electron chi connectivity index (χ2n) is 9.47. The van der Waals surface area contributed by atoms with Crippen LogP contribution in [0.4, 0.5) is 11.4 Å². The Bertz CT molecular complexity index is 1260. The molecular formula is C27H26N2O5. The van der Waals surface area contributed by atoms with E-state index in [-0.39, 0.29) is 41.0 Å². The van der Waals surface area contributed by atoms with Crippen LogP contribution in [0.15, 0.2) is 54.1 Å². The first-order valence-corrected chi connectivity index (χ1v) is 11.4. The predicted octanol–water partition coefficient (Wildman–Crippen LogP) is 3.80. The number of anilines is 2. The van der Waals surface area contributed by atoms with Gasteiger partial charge in [0.25, 0.3) is 5.91 Å². The highest BCUT2D eigenvalue weighted by Gasteiger charge is 2.60. The summed E-state index contributed by atoms with van der Waals surface area (Å²) in [6.07, 6.45) is 2.99. The van der Waals surface area contributed by atoms with Crippen LogP contribution in [0.5, 0.6) is 0 Å². The fourth-order valence-electron chi connectivity index (χ4n) is 5.66. The summed E-state index contributed by atoms with van der Waals surface area (Å²) >= 11 is 0. The molecule has 0 radical (unpaired) electrons. The van der Waals surface area contributed by atoms with Crippen molar-refractivity contribution < 1.29 is 23.9 Å². The molecule has 1 aliphatic heterocycles. The minimum atomic E-state index is -0.700. The first-order chi connectivity index (χ1) is 16.2. The first-order valence-electron chi connectivity index (χ1n) is 11.4.